The summed E-state index contributed by atoms with van der Waals surface area (Å²) in [6, 6.07) is 2.86. The highest BCUT2D eigenvalue weighted by Crippen LogP contribution is 2.27. The van der Waals surface area contributed by atoms with E-state index in [1.54, 1.807) is 6.92 Å². The lowest BCUT2D eigenvalue weighted by Crippen LogP contribution is -2.19. The molecule has 0 radical (unpaired) electrons. The maximum atomic E-state index is 11.5. The Morgan fingerprint density at radius 1 is 1.21 bits per heavy atom. The molecule has 0 amide bonds. The van der Waals surface area contributed by atoms with Gasteiger partial charge in [-0.05, 0) is 31.7 Å². The molecule has 0 spiro atoms. The maximum Gasteiger partial charge on any atom is 0.240 e. The number of benzene rings is 1. The van der Waals surface area contributed by atoms with Crippen LogP contribution in [0.1, 0.15) is 5.56 Å². The minimum Gasteiger partial charge on any atom is -0.214 e. The van der Waals surface area contributed by atoms with E-state index in [4.69, 9.17) is 23.2 Å². The van der Waals surface area contributed by atoms with Crippen molar-refractivity contribution in [3.63, 3.8) is 0 Å². The molecule has 0 bridgehead atoms. The van der Waals surface area contributed by atoms with E-state index in [0.717, 1.165) is 0 Å². The van der Waals surface area contributed by atoms with Crippen LogP contribution >= 0.6 is 23.2 Å². The van der Waals surface area contributed by atoms with E-state index in [2.05, 4.69) is 4.72 Å². The van der Waals surface area contributed by atoms with Crippen LogP contribution in [0.15, 0.2) is 17.0 Å². The first-order chi connectivity index (χ1) is 6.38. The SMILES string of the molecule is CNS(=O)(=O)c1cc(Cl)c(Cl)cc1C. The number of rotatable bonds is 2. The first-order valence-electron chi connectivity index (χ1n) is 3.77. The third-order valence-electron chi connectivity index (χ3n) is 1.78. The monoisotopic (exact) mass is 253 g/mol. The summed E-state index contributed by atoms with van der Waals surface area (Å²) < 4.78 is 25.2. The maximum absolute atomic E-state index is 11.5. The fourth-order valence-corrected chi connectivity index (χ4v) is 2.45. The highest BCUT2D eigenvalue weighted by Gasteiger charge is 2.16. The fraction of sp³-hybridized carbons (Fsp3) is 0.250. The van der Waals surface area contributed by atoms with Crippen molar-refractivity contribution in [1.82, 2.24) is 4.72 Å². The second-order valence-electron chi connectivity index (χ2n) is 2.74. The van der Waals surface area contributed by atoms with Gasteiger partial charge < -0.3 is 0 Å². The van der Waals surface area contributed by atoms with E-state index in [1.807, 2.05) is 0 Å². The van der Waals surface area contributed by atoms with E-state index in [-0.39, 0.29) is 9.92 Å². The molecule has 0 heterocycles. The summed E-state index contributed by atoms with van der Waals surface area (Å²) in [5, 5.41) is 0.574. The normalized spacial score (nSPS) is 11.7. The molecule has 0 unspecified atom stereocenters. The zero-order chi connectivity index (χ0) is 10.9. The van der Waals surface area contributed by atoms with Gasteiger partial charge in [0, 0.05) is 0 Å². The second kappa shape index (κ2) is 4.06. The minimum atomic E-state index is -3.46. The fourth-order valence-electron chi connectivity index (χ4n) is 1.03. The Hall–Kier alpha value is -0.290. The van der Waals surface area contributed by atoms with Gasteiger partial charge in [0.05, 0.1) is 14.9 Å². The van der Waals surface area contributed by atoms with Gasteiger partial charge in [-0.2, -0.15) is 0 Å². The van der Waals surface area contributed by atoms with Gasteiger partial charge in [-0.1, -0.05) is 23.2 Å². The Morgan fingerprint density at radius 2 is 1.71 bits per heavy atom. The Balaban J connectivity index is 3.45. The number of hydrogen-bond acceptors (Lipinski definition) is 2. The van der Waals surface area contributed by atoms with Gasteiger partial charge in [0.2, 0.25) is 10.0 Å². The molecule has 0 saturated carbocycles. The molecule has 0 saturated heterocycles. The third kappa shape index (κ3) is 2.20. The average molecular weight is 254 g/mol. The van der Waals surface area contributed by atoms with Crippen molar-refractivity contribution in [2.45, 2.75) is 11.8 Å². The van der Waals surface area contributed by atoms with Crippen molar-refractivity contribution in [2.24, 2.45) is 0 Å². The molecule has 78 valence electrons. The lowest BCUT2D eigenvalue weighted by molar-refractivity contribution is 0.587. The van der Waals surface area contributed by atoms with E-state index in [9.17, 15) is 8.42 Å². The van der Waals surface area contributed by atoms with E-state index < -0.39 is 10.0 Å². The van der Waals surface area contributed by atoms with Crippen LogP contribution in [0, 0.1) is 6.92 Å². The third-order valence-corrected chi connectivity index (χ3v) is 4.05. The Bertz CT molecular complexity index is 457. The molecule has 0 aliphatic rings. The van der Waals surface area contributed by atoms with Crippen LogP contribution < -0.4 is 4.72 Å². The first kappa shape index (κ1) is 11.8. The summed E-state index contributed by atoms with van der Waals surface area (Å²) in [6.07, 6.45) is 0. The van der Waals surface area contributed by atoms with Crippen molar-refractivity contribution in [3.8, 4) is 0 Å². The summed E-state index contributed by atoms with van der Waals surface area (Å²) in [7, 11) is -2.12. The predicted octanol–water partition coefficient (Wildman–Crippen LogP) is 2.21. The van der Waals surface area contributed by atoms with Gasteiger partial charge in [-0.25, -0.2) is 13.1 Å². The topological polar surface area (TPSA) is 46.2 Å². The lowest BCUT2D eigenvalue weighted by atomic mass is 10.2. The van der Waals surface area contributed by atoms with Crippen molar-refractivity contribution in [3.05, 3.63) is 27.7 Å². The first-order valence-corrected chi connectivity index (χ1v) is 6.01. The van der Waals surface area contributed by atoms with E-state index in [1.165, 1.54) is 19.2 Å². The van der Waals surface area contributed by atoms with Crippen LogP contribution in [0.5, 0.6) is 0 Å². The Kier molecular flexibility index (Phi) is 3.42. The standard InChI is InChI=1S/C8H9Cl2NO2S/c1-5-3-6(9)7(10)4-8(5)14(12,13)11-2/h3-4,11H,1-2H3. The van der Waals surface area contributed by atoms with Gasteiger partial charge in [-0.15, -0.1) is 0 Å². The molecule has 14 heavy (non-hydrogen) atoms. The van der Waals surface area contributed by atoms with Crippen molar-refractivity contribution in [1.29, 1.82) is 0 Å². The molecule has 0 fully saturated rings. The summed E-state index contributed by atoms with van der Waals surface area (Å²) in [5.74, 6) is 0. The van der Waals surface area contributed by atoms with Gasteiger partial charge in [0.25, 0.3) is 0 Å². The zero-order valence-corrected chi connectivity index (χ0v) is 9.96. The number of sulfonamides is 1. The van der Waals surface area contributed by atoms with Gasteiger partial charge >= 0.3 is 0 Å². The highest BCUT2D eigenvalue weighted by molar-refractivity contribution is 7.89. The summed E-state index contributed by atoms with van der Waals surface area (Å²) in [6.45, 7) is 1.66. The van der Waals surface area contributed by atoms with E-state index in [0.29, 0.717) is 10.6 Å². The highest BCUT2D eigenvalue weighted by atomic mass is 35.5. The molecular formula is C8H9Cl2NO2S. The Morgan fingerprint density at radius 3 is 2.21 bits per heavy atom. The largest absolute Gasteiger partial charge is 0.240 e. The summed E-state index contributed by atoms with van der Waals surface area (Å²) >= 11 is 11.5. The number of nitrogens with one attached hydrogen (secondary N) is 1. The molecule has 0 atom stereocenters. The zero-order valence-electron chi connectivity index (χ0n) is 7.64. The molecule has 1 rings (SSSR count). The second-order valence-corrected chi connectivity index (χ2v) is 5.41. The summed E-state index contributed by atoms with van der Waals surface area (Å²) in [5.41, 5.74) is 0.564. The van der Waals surface area contributed by atoms with Crippen LogP contribution in [-0.4, -0.2) is 15.5 Å². The molecule has 0 aliphatic carbocycles. The number of hydrogen-bond donors (Lipinski definition) is 1. The number of halogens is 2. The Labute approximate surface area is 93.1 Å². The molecule has 6 heteroatoms. The molecule has 3 nitrogen and oxygen atoms in total. The lowest BCUT2D eigenvalue weighted by Gasteiger charge is -2.07. The quantitative estimate of drug-likeness (QED) is 0.879. The van der Waals surface area contributed by atoms with E-state index >= 15 is 0 Å². The molecule has 1 aromatic carbocycles. The average Bonchev–Trinajstić information content (AvgIpc) is 2.11. The van der Waals surface area contributed by atoms with Crippen LogP contribution in [-0.2, 0) is 10.0 Å². The van der Waals surface area contributed by atoms with Crippen molar-refractivity contribution >= 4 is 33.2 Å². The predicted molar refractivity (Wildman–Crippen MR) is 57.4 cm³/mol. The molecule has 0 aromatic heterocycles. The molecule has 1 N–H and O–H groups in total. The van der Waals surface area contributed by atoms with Gasteiger partial charge in [0.1, 0.15) is 0 Å². The van der Waals surface area contributed by atoms with Crippen molar-refractivity contribution in [2.75, 3.05) is 7.05 Å². The smallest absolute Gasteiger partial charge is 0.214 e. The summed E-state index contributed by atoms with van der Waals surface area (Å²) in [4.78, 5) is 0.148. The van der Waals surface area contributed by atoms with Crippen LogP contribution in [0.25, 0.3) is 0 Å². The molecule has 1 aromatic rings. The molecular weight excluding hydrogens is 245 g/mol. The van der Waals surface area contributed by atoms with Gasteiger partial charge in [0.15, 0.2) is 0 Å². The molecule has 0 aliphatic heterocycles. The van der Waals surface area contributed by atoms with Crippen LogP contribution in [0.2, 0.25) is 10.0 Å². The van der Waals surface area contributed by atoms with Crippen molar-refractivity contribution < 1.29 is 8.42 Å². The van der Waals surface area contributed by atoms with Crippen LogP contribution in [0.3, 0.4) is 0 Å². The van der Waals surface area contributed by atoms with Crippen LogP contribution in [0.4, 0.5) is 0 Å². The minimum absolute atomic E-state index is 0.148. The number of aryl methyl sites for hydroxylation is 1. The van der Waals surface area contributed by atoms with Gasteiger partial charge in [-0.3, -0.25) is 0 Å².